The first kappa shape index (κ1) is 23.0. The van der Waals surface area contributed by atoms with E-state index in [-0.39, 0.29) is 36.5 Å². The monoisotopic (exact) mass is 376 g/mol. The number of carbonyl (C=O) groups is 4. The molecule has 0 aliphatic carbocycles. The zero-order chi connectivity index (χ0) is 18.9. The lowest BCUT2D eigenvalue weighted by atomic mass is 10.3. The highest BCUT2D eigenvalue weighted by molar-refractivity contribution is 7.82. The van der Waals surface area contributed by atoms with Gasteiger partial charge in [0, 0.05) is 25.9 Å². The standard InChI is InChI=1S/C12H16N2O4S2.2C2H6/c15-9-5-7(19)11(17)13(9)3-1-2-4-14-10(16)6-8(20)12(14)18;2*1-2/h7-8,19-20H,1-6H2;2*1-2H3. The highest BCUT2D eigenvalue weighted by Gasteiger charge is 2.37. The van der Waals surface area contributed by atoms with Crippen molar-refractivity contribution >= 4 is 48.9 Å². The van der Waals surface area contributed by atoms with E-state index in [1.165, 1.54) is 9.80 Å². The second-order valence-corrected chi connectivity index (χ2v) is 6.16. The second kappa shape index (κ2) is 11.5. The smallest absolute Gasteiger partial charge is 0.242 e. The Bertz CT molecular complexity index is 429. The maximum absolute atomic E-state index is 11.6. The number of imide groups is 2. The summed E-state index contributed by atoms with van der Waals surface area (Å²) in [6, 6.07) is 0. The molecule has 0 aromatic carbocycles. The quantitative estimate of drug-likeness (QED) is 0.437. The van der Waals surface area contributed by atoms with Crippen molar-refractivity contribution in [1.29, 1.82) is 0 Å². The van der Waals surface area contributed by atoms with Crippen molar-refractivity contribution in [1.82, 2.24) is 9.80 Å². The molecule has 0 aromatic rings. The first-order valence-electron chi connectivity index (χ1n) is 8.46. The third-order valence-electron chi connectivity index (χ3n) is 3.45. The fraction of sp³-hybridized carbons (Fsp3) is 0.750. The molecular formula is C16H28N2O4S2. The minimum Gasteiger partial charge on any atom is -0.282 e. The van der Waals surface area contributed by atoms with Crippen LogP contribution in [-0.4, -0.2) is 57.0 Å². The molecule has 2 aliphatic rings. The Hall–Kier alpha value is -1.02. The normalized spacial score (nSPS) is 23.1. The van der Waals surface area contributed by atoms with Crippen LogP contribution in [0.25, 0.3) is 0 Å². The molecule has 6 nitrogen and oxygen atoms in total. The first-order valence-corrected chi connectivity index (χ1v) is 9.49. The van der Waals surface area contributed by atoms with Crippen molar-refractivity contribution in [2.24, 2.45) is 0 Å². The molecule has 2 unspecified atom stereocenters. The summed E-state index contributed by atoms with van der Waals surface area (Å²) in [6.07, 6.45) is 1.41. The third kappa shape index (κ3) is 5.81. The lowest BCUT2D eigenvalue weighted by Crippen LogP contribution is -2.34. The van der Waals surface area contributed by atoms with E-state index >= 15 is 0 Å². The maximum Gasteiger partial charge on any atom is 0.242 e. The predicted molar refractivity (Wildman–Crippen MR) is 100 cm³/mol. The minimum absolute atomic E-state index is 0.145. The van der Waals surface area contributed by atoms with Gasteiger partial charge in [-0.3, -0.25) is 29.0 Å². The summed E-state index contributed by atoms with van der Waals surface area (Å²) in [5.41, 5.74) is 0. The van der Waals surface area contributed by atoms with Crippen LogP contribution in [0, 0.1) is 0 Å². The summed E-state index contributed by atoms with van der Waals surface area (Å²) in [5.74, 6) is -0.943. The minimum atomic E-state index is -0.533. The van der Waals surface area contributed by atoms with E-state index in [0.717, 1.165) is 0 Å². The van der Waals surface area contributed by atoms with E-state index in [2.05, 4.69) is 25.3 Å². The van der Waals surface area contributed by atoms with E-state index in [1.807, 2.05) is 27.7 Å². The number of unbranched alkanes of at least 4 members (excludes halogenated alkanes) is 1. The third-order valence-corrected chi connectivity index (χ3v) is 4.26. The van der Waals surface area contributed by atoms with Crippen LogP contribution in [0.15, 0.2) is 0 Å². The van der Waals surface area contributed by atoms with Gasteiger partial charge in [-0.2, -0.15) is 25.3 Å². The van der Waals surface area contributed by atoms with E-state index in [1.54, 1.807) is 0 Å². The van der Waals surface area contributed by atoms with Crippen LogP contribution in [0.5, 0.6) is 0 Å². The molecule has 0 saturated carbocycles. The highest BCUT2D eigenvalue weighted by Crippen LogP contribution is 2.20. The molecule has 0 N–H and O–H groups in total. The molecular weight excluding hydrogens is 348 g/mol. The maximum atomic E-state index is 11.6. The van der Waals surface area contributed by atoms with Crippen LogP contribution in [-0.2, 0) is 19.2 Å². The predicted octanol–water partition coefficient (Wildman–Crippen LogP) is 1.93. The fourth-order valence-corrected chi connectivity index (χ4v) is 2.93. The number of rotatable bonds is 5. The largest absolute Gasteiger partial charge is 0.282 e. The van der Waals surface area contributed by atoms with Gasteiger partial charge in [-0.25, -0.2) is 0 Å². The zero-order valence-corrected chi connectivity index (χ0v) is 16.6. The summed E-state index contributed by atoms with van der Waals surface area (Å²) in [6.45, 7) is 8.63. The average Bonchev–Trinajstić information content (AvgIpc) is 2.97. The van der Waals surface area contributed by atoms with Gasteiger partial charge in [-0.15, -0.1) is 0 Å². The molecule has 2 aliphatic heterocycles. The molecule has 2 rings (SSSR count). The molecule has 24 heavy (non-hydrogen) atoms. The SMILES string of the molecule is CC.CC.O=C1CC(S)C(=O)N1CCCCN1C(=O)CC(S)C1=O. The number of likely N-dealkylation sites (tertiary alicyclic amines) is 2. The Kier molecular flexibility index (Phi) is 11.0. The summed E-state index contributed by atoms with van der Waals surface area (Å²) in [5, 5.41) is -1.07. The first-order chi connectivity index (χ1) is 11.4. The van der Waals surface area contributed by atoms with Gasteiger partial charge in [0.1, 0.15) is 0 Å². The number of amides is 4. The van der Waals surface area contributed by atoms with Crippen molar-refractivity contribution < 1.29 is 19.2 Å². The van der Waals surface area contributed by atoms with Crippen molar-refractivity contribution in [2.45, 2.75) is 63.9 Å². The molecule has 0 aromatic heterocycles. The van der Waals surface area contributed by atoms with E-state index in [4.69, 9.17) is 0 Å². The molecule has 0 radical (unpaired) electrons. The Balaban J connectivity index is 0.00000123. The summed E-state index contributed by atoms with van der Waals surface area (Å²) < 4.78 is 0. The van der Waals surface area contributed by atoms with Crippen LogP contribution in [0.3, 0.4) is 0 Å². The molecule has 138 valence electrons. The van der Waals surface area contributed by atoms with Gasteiger partial charge in [-0.05, 0) is 12.8 Å². The lowest BCUT2D eigenvalue weighted by molar-refractivity contribution is -0.140. The number of thiol groups is 2. The molecule has 2 saturated heterocycles. The lowest BCUT2D eigenvalue weighted by Gasteiger charge is -2.16. The van der Waals surface area contributed by atoms with E-state index in [9.17, 15) is 19.2 Å². The van der Waals surface area contributed by atoms with Crippen LogP contribution in [0.1, 0.15) is 53.4 Å². The molecule has 2 fully saturated rings. The molecule has 0 bridgehead atoms. The molecule has 0 spiro atoms. The summed E-state index contributed by atoms with van der Waals surface area (Å²) in [4.78, 5) is 48.7. The van der Waals surface area contributed by atoms with Gasteiger partial charge < -0.3 is 0 Å². The fourth-order valence-electron chi connectivity index (χ4n) is 2.34. The highest BCUT2D eigenvalue weighted by atomic mass is 32.1. The molecule has 8 heteroatoms. The number of hydrogen-bond acceptors (Lipinski definition) is 6. The molecule has 2 atom stereocenters. The zero-order valence-electron chi connectivity index (χ0n) is 14.8. The van der Waals surface area contributed by atoms with E-state index < -0.39 is 10.5 Å². The van der Waals surface area contributed by atoms with Gasteiger partial charge in [0.2, 0.25) is 23.6 Å². The van der Waals surface area contributed by atoms with Gasteiger partial charge in [0.05, 0.1) is 10.5 Å². The van der Waals surface area contributed by atoms with Gasteiger partial charge in [0.25, 0.3) is 0 Å². The Morgan fingerprint density at radius 1 is 0.750 bits per heavy atom. The van der Waals surface area contributed by atoms with Crippen LogP contribution < -0.4 is 0 Å². The topological polar surface area (TPSA) is 74.8 Å². The van der Waals surface area contributed by atoms with Crippen LogP contribution >= 0.6 is 25.3 Å². The van der Waals surface area contributed by atoms with E-state index in [0.29, 0.717) is 25.9 Å². The van der Waals surface area contributed by atoms with Crippen molar-refractivity contribution in [2.75, 3.05) is 13.1 Å². The average molecular weight is 377 g/mol. The number of nitrogens with zero attached hydrogens (tertiary/aromatic N) is 2. The number of carbonyl (C=O) groups excluding carboxylic acids is 4. The van der Waals surface area contributed by atoms with Gasteiger partial charge in [-0.1, -0.05) is 27.7 Å². The number of hydrogen-bond donors (Lipinski definition) is 2. The summed E-state index contributed by atoms with van der Waals surface area (Å²) >= 11 is 8.07. The summed E-state index contributed by atoms with van der Waals surface area (Å²) in [7, 11) is 0. The van der Waals surface area contributed by atoms with Crippen LogP contribution in [0.4, 0.5) is 0 Å². The van der Waals surface area contributed by atoms with Gasteiger partial charge >= 0.3 is 0 Å². The Labute approximate surface area is 155 Å². The Morgan fingerprint density at radius 3 is 1.25 bits per heavy atom. The van der Waals surface area contributed by atoms with Crippen molar-refractivity contribution in [3.63, 3.8) is 0 Å². The van der Waals surface area contributed by atoms with Crippen molar-refractivity contribution in [3.05, 3.63) is 0 Å². The molecule has 2 heterocycles. The Morgan fingerprint density at radius 2 is 1.04 bits per heavy atom. The van der Waals surface area contributed by atoms with Crippen LogP contribution in [0.2, 0.25) is 0 Å². The van der Waals surface area contributed by atoms with Crippen molar-refractivity contribution in [3.8, 4) is 0 Å². The van der Waals surface area contributed by atoms with Gasteiger partial charge in [0.15, 0.2) is 0 Å². The molecule has 4 amide bonds. The second-order valence-electron chi connectivity index (χ2n) is 4.91.